The molecule has 0 aliphatic carbocycles. The number of esters is 1. The fraction of sp³-hybridized carbons (Fsp3) is 0.207. The fourth-order valence-corrected chi connectivity index (χ4v) is 6.24. The van der Waals surface area contributed by atoms with Crippen LogP contribution in [0.2, 0.25) is 0 Å². The number of benzene rings is 1. The van der Waals surface area contributed by atoms with Gasteiger partial charge in [0.15, 0.2) is 5.69 Å². The van der Waals surface area contributed by atoms with E-state index >= 15 is 0 Å². The fourth-order valence-electron chi connectivity index (χ4n) is 4.45. The largest absolute Gasteiger partial charge is 0.491 e. The monoisotopic (exact) mass is 602 g/mol. The molecule has 0 fully saturated rings. The van der Waals surface area contributed by atoms with Gasteiger partial charge in [-0.3, -0.25) is 0 Å². The van der Waals surface area contributed by atoms with Crippen LogP contribution in [0.15, 0.2) is 53.0 Å². The van der Waals surface area contributed by atoms with E-state index in [-0.39, 0.29) is 24.6 Å². The number of nitrogens with zero attached hydrogens (tertiary/aromatic N) is 5. The summed E-state index contributed by atoms with van der Waals surface area (Å²) in [6.45, 7) is 0.0464. The zero-order valence-electron chi connectivity index (χ0n) is 23.0. The van der Waals surface area contributed by atoms with Crippen molar-refractivity contribution in [1.82, 2.24) is 19.5 Å². The summed E-state index contributed by atoms with van der Waals surface area (Å²) in [5.41, 5.74) is 10.5. The molecule has 5 aromatic rings. The summed E-state index contributed by atoms with van der Waals surface area (Å²) in [7, 11) is 4.53. The zero-order chi connectivity index (χ0) is 29.8. The van der Waals surface area contributed by atoms with Gasteiger partial charge in [-0.15, -0.1) is 11.3 Å². The molecular weight excluding hydrogens is 576 g/mol. The second kappa shape index (κ2) is 12.5. The third kappa shape index (κ3) is 5.47. The zero-order valence-corrected chi connectivity index (χ0v) is 24.6. The first-order valence-corrected chi connectivity index (χ1v) is 14.5. The van der Waals surface area contributed by atoms with Gasteiger partial charge in [-0.1, -0.05) is 23.9 Å². The van der Waals surface area contributed by atoms with Crippen LogP contribution in [0.3, 0.4) is 0 Å². The van der Waals surface area contributed by atoms with Gasteiger partial charge in [-0.2, -0.15) is 5.26 Å². The highest BCUT2D eigenvalue weighted by atomic mass is 32.2. The minimum Gasteiger partial charge on any atom is -0.491 e. The van der Waals surface area contributed by atoms with E-state index in [2.05, 4.69) is 11.1 Å². The number of aliphatic hydroxyl groups excluding tert-OH is 1. The number of carbonyl (C=O) groups excluding carboxylic acids is 1. The van der Waals surface area contributed by atoms with E-state index in [0.29, 0.717) is 50.1 Å². The Kier molecular flexibility index (Phi) is 8.58. The van der Waals surface area contributed by atoms with Gasteiger partial charge in [0.05, 0.1) is 43.2 Å². The number of methoxy groups -OCH3 is 2. The molecule has 5 rings (SSSR count). The predicted octanol–water partition coefficient (Wildman–Crippen LogP) is 4.67. The quantitative estimate of drug-likeness (QED) is 0.169. The third-order valence-corrected chi connectivity index (χ3v) is 8.37. The van der Waals surface area contributed by atoms with Crippen molar-refractivity contribution in [1.29, 1.82) is 5.26 Å². The van der Waals surface area contributed by atoms with E-state index in [1.807, 2.05) is 11.4 Å². The summed E-state index contributed by atoms with van der Waals surface area (Å²) in [5, 5.41) is 23.2. The van der Waals surface area contributed by atoms with Gasteiger partial charge in [-0.05, 0) is 23.8 Å². The van der Waals surface area contributed by atoms with Crippen LogP contribution < -0.4 is 15.2 Å². The molecule has 3 N–H and O–H groups in total. The minimum atomic E-state index is -0.609. The summed E-state index contributed by atoms with van der Waals surface area (Å²) in [6.07, 6.45) is 1.71. The first kappa shape index (κ1) is 28.9. The van der Waals surface area contributed by atoms with Crippen LogP contribution >= 0.6 is 23.1 Å². The van der Waals surface area contributed by atoms with E-state index in [0.717, 1.165) is 16.3 Å². The van der Waals surface area contributed by atoms with Crippen molar-refractivity contribution in [2.45, 2.75) is 10.8 Å². The smallest absolute Gasteiger partial charge is 0.356 e. The highest BCUT2D eigenvalue weighted by molar-refractivity contribution is 7.98. The van der Waals surface area contributed by atoms with E-state index in [9.17, 15) is 10.1 Å². The molecule has 0 saturated heterocycles. The lowest BCUT2D eigenvalue weighted by atomic mass is 9.98. The van der Waals surface area contributed by atoms with E-state index in [4.69, 9.17) is 35.0 Å². The van der Waals surface area contributed by atoms with Crippen molar-refractivity contribution in [2.75, 3.05) is 33.2 Å². The lowest BCUT2D eigenvalue weighted by molar-refractivity contribution is 0.0591. The first-order chi connectivity index (χ1) is 20.4. The number of aromatic nitrogens is 4. The van der Waals surface area contributed by atoms with Crippen LogP contribution in [0.4, 0.5) is 5.69 Å². The number of nitrogen functional groups attached to an aromatic ring is 1. The Bertz CT molecular complexity index is 1790. The number of aliphatic hydroxyl groups is 1. The van der Waals surface area contributed by atoms with Crippen molar-refractivity contribution >= 4 is 45.8 Å². The summed E-state index contributed by atoms with van der Waals surface area (Å²) >= 11 is 2.86. The van der Waals surface area contributed by atoms with Crippen LogP contribution in [0.5, 0.6) is 11.6 Å². The molecular formula is C29H26N6O5S2. The number of rotatable bonds is 10. The molecule has 42 heavy (non-hydrogen) atoms. The SMILES string of the molecule is COC(=O)c1c(N)c2c(-c3ccc(OCCO)cc3)c(C#N)c(SCc3csc(-c4ccc(OC)nc4)n3)nc2n1C. The van der Waals surface area contributed by atoms with Gasteiger partial charge in [-0.25, -0.2) is 19.7 Å². The van der Waals surface area contributed by atoms with E-state index in [1.54, 1.807) is 55.3 Å². The average molecular weight is 603 g/mol. The van der Waals surface area contributed by atoms with E-state index in [1.165, 1.54) is 30.2 Å². The van der Waals surface area contributed by atoms with Crippen LogP contribution in [0.25, 0.3) is 32.7 Å². The second-order valence-corrected chi connectivity index (χ2v) is 10.7. The molecule has 0 radical (unpaired) electrons. The molecule has 4 heterocycles. The van der Waals surface area contributed by atoms with Crippen molar-refractivity contribution in [3.8, 4) is 39.4 Å². The van der Waals surface area contributed by atoms with Crippen LogP contribution in [0.1, 0.15) is 21.7 Å². The van der Waals surface area contributed by atoms with Crippen molar-refractivity contribution in [3.63, 3.8) is 0 Å². The number of thiazole rings is 1. The normalized spacial score (nSPS) is 10.9. The molecule has 0 saturated carbocycles. The number of hydrogen-bond acceptors (Lipinski definition) is 12. The summed E-state index contributed by atoms with van der Waals surface area (Å²) < 4.78 is 17.2. The lowest BCUT2D eigenvalue weighted by Crippen LogP contribution is -2.10. The number of nitrogens with two attached hydrogens (primary N) is 1. The Labute approximate surface area is 249 Å². The van der Waals surface area contributed by atoms with E-state index < -0.39 is 5.97 Å². The summed E-state index contributed by atoms with van der Waals surface area (Å²) in [5.74, 6) is 0.928. The molecule has 0 atom stereocenters. The highest BCUT2D eigenvalue weighted by Crippen LogP contribution is 2.42. The molecule has 4 aromatic heterocycles. The molecule has 0 aliphatic heterocycles. The van der Waals surface area contributed by atoms with Gasteiger partial charge in [0.1, 0.15) is 34.1 Å². The van der Waals surface area contributed by atoms with Crippen LogP contribution in [0, 0.1) is 11.3 Å². The van der Waals surface area contributed by atoms with Gasteiger partial charge in [0, 0.05) is 41.6 Å². The number of thioether (sulfide) groups is 1. The number of hydrogen-bond donors (Lipinski definition) is 2. The summed E-state index contributed by atoms with van der Waals surface area (Å²) in [4.78, 5) is 26.4. The lowest BCUT2D eigenvalue weighted by Gasteiger charge is -2.13. The van der Waals surface area contributed by atoms with Crippen molar-refractivity contribution in [2.24, 2.45) is 7.05 Å². The van der Waals surface area contributed by atoms with Crippen LogP contribution in [-0.4, -0.2) is 58.0 Å². The Morgan fingerprint density at radius 3 is 2.57 bits per heavy atom. The number of nitriles is 1. The molecule has 0 amide bonds. The predicted molar refractivity (Wildman–Crippen MR) is 161 cm³/mol. The number of anilines is 1. The second-order valence-electron chi connectivity index (χ2n) is 8.91. The maximum absolute atomic E-state index is 12.6. The average Bonchev–Trinajstić information content (AvgIpc) is 3.60. The Hall–Kier alpha value is -4.64. The number of aryl methyl sites for hydroxylation is 1. The topological polar surface area (TPSA) is 158 Å². The maximum atomic E-state index is 12.6. The van der Waals surface area contributed by atoms with Gasteiger partial charge >= 0.3 is 5.97 Å². The van der Waals surface area contributed by atoms with Crippen molar-refractivity contribution < 1.29 is 24.1 Å². The van der Waals surface area contributed by atoms with Crippen LogP contribution in [-0.2, 0) is 17.5 Å². The number of pyridine rings is 2. The molecule has 11 nitrogen and oxygen atoms in total. The first-order valence-electron chi connectivity index (χ1n) is 12.6. The number of carbonyl (C=O) groups is 1. The third-order valence-electron chi connectivity index (χ3n) is 6.42. The highest BCUT2D eigenvalue weighted by Gasteiger charge is 2.27. The molecule has 214 valence electrons. The Morgan fingerprint density at radius 1 is 1.17 bits per heavy atom. The van der Waals surface area contributed by atoms with Gasteiger partial charge < -0.3 is 29.6 Å². The number of fused-ring (bicyclic) bond motifs is 1. The summed E-state index contributed by atoms with van der Waals surface area (Å²) in [6, 6.07) is 13.1. The molecule has 1 aromatic carbocycles. The van der Waals surface area contributed by atoms with Crippen molar-refractivity contribution in [3.05, 3.63) is 64.9 Å². The van der Waals surface area contributed by atoms with Gasteiger partial charge in [0.25, 0.3) is 0 Å². The number of ether oxygens (including phenoxy) is 3. The minimum absolute atomic E-state index is 0.111. The molecule has 0 aliphatic rings. The standard InChI is InChI=1S/C29H26N6O5S2/c1-35-25(29(37)39-3)24(31)23-22(16-4-7-19(8-5-16)40-11-10-36)20(12-30)28(34-26(23)35)42-15-18-14-41-27(33-18)17-6-9-21(38-2)32-13-17/h4-9,13-14,36H,10-11,15,31H2,1-3H3. The molecule has 13 heteroatoms. The van der Waals surface area contributed by atoms with Gasteiger partial charge in [0.2, 0.25) is 5.88 Å². The molecule has 0 spiro atoms. The Morgan fingerprint density at radius 2 is 1.93 bits per heavy atom. The molecule has 0 unspecified atom stereocenters. The molecule has 0 bridgehead atoms. The maximum Gasteiger partial charge on any atom is 0.356 e. The Balaban J connectivity index is 1.57.